The molecule has 0 unspecified atom stereocenters. The molecule has 4 rings (SSSR count). The van der Waals surface area contributed by atoms with Gasteiger partial charge in [0.15, 0.2) is 15.4 Å². The molecule has 0 bridgehead atoms. The van der Waals surface area contributed by atoms with Crippen molar-refractivity contribution >= 4 is 44.1 Å². The van der Waals surface area contributed by atoms with Crippen LogP contribution in [0.5, 0.6) is 0 Å². The fourth-order valence-electron chi connectivity index (χ4n) is 2.80. The van der Waals surface area contributed by atoms with Crippen molar-refractivity contribution in [2.45, 2.75) is 4.90 Å². The summed E-state index contributed by atoms with van der Waals surface area (Å²) in [6.45, 7) is 0. The number of halogens is 1. The minimum Gasteiger partial charge on any atom is -0.436 e. The van der Waals surface area contributed by atoms with Crippen LogP contribution in [0.2, 0.25) is 5.02 Å². The molecule has 8 heteroatoms. The van der Waals surface area contributed by atoms with E-state index in [2.05, 4.69) is 10.3 Å². The summed E-state index contributed by atoms with van der Waals surface area (Å²) >= 11 is 6.08. The predicted molar refractivity (Wildman–Crippen MR) is 112 cm³/mol. The number of carbonyl (C=O) groups excluding carboxylic acids is 1. The van der Waals surface area contributed by atoms with E-state index in [0.29, 0.717) is 17.2 Å². The van der Waals surface area contributed by atoms with Gasteiger partial charge in [-0.25, -0.2) is 13.4 Å². The van der Waals surface area contributed by atoms with E-state index in [1.807, 2.05) is 24.3 Å². The number of rotatable bonds is 4. The third-order valence-corrected chi connectivity index (χ3v) is 5.73. The molecule has 0 saturated heterocycles. The molecule has 0 aliphatic heterocycles. The number of hydrogen-bond acceptors (Lipinski definition) is 5. The number of fused-ring (bicyclic) bond motifs is 1. The van der Waals surface area contributed by atoms with Crippen molar-refractivity contribution in [3.63, 3.8) is 0 Å². The molecule has 0 saturated carbocycles. The van der Waals surface area contributed by atoms with E-state index in [1.165, 1.54) is 18.2 Å². The van der Waals surface area contributed by atoms with Crippen LogP contribution in [-0.2, 0) is 9.84 Å². The number of amides is 1. The number of carbonyl (C=O) groups is 1. The molecule has 3 aromatic carbocycles. The van der Waals surface area contributed by atoms with E-state index < -0.39 is 15.7 Å². The van der Waals surface area contributed by atoms with E-state index in [9.17, 15) is 13.2 Å². The molecule has 0 atom stereocenters. The average molecular weight is 427 g/mol. The Balaban J connectivity index is 1.57. The highest BCUT2D eigenvalue weighted by atomic mass is 35.5. The average Bonchev–Trinajstić information content (AvgIpc) is 3.12. The minimum atomic E-state index is -3.45. The van der Waals surface area contributed by atoms with Gasteiger partial charge in [0.25, 0.3) is 5.91 Å². The summed E-state index contributed by atoms with van der Waals surface area (Å²) in [6.07, 6.45) is 1.07. The van der Waals surface area contributed by atoms with Crippen LogP contribution in [0.1, 0.15) is 10.4 Å². The van der Waals surface area contributed by atoms with Crippen LogP contribution in [0.15, 0.2) is 76.0 Å². The van der Waals surface area contributed by atoms with Crippen molar-refractivity contribution in [3.05, 3.63) is 77.3 Å². The van der Waals surface area contributed by atoms with Crippen LogP contribution in [0.25, 0.3) is 22.6 Å². The van der Waals surface area contributed by atoms with Crippen LogP contribution in [-0.4, -0.2) is 25.6 Å². The van der Waals surface area contributed by atoms with E-state index in [0.717, 1.165) is 17.3 Å². The molecule has 6 nitrogen and oxygen atoms in total. The van der Waals surface area contributed by atoms with Gasteiger partial charge in [0.2, 0.25) is 5.89 Å². The van der Waals surface area contributed by atoms with E-state index >= 15 is 0 Å². The summed E-state index contributed by atoms with van der Waals surface area (Å²) in [7, 11) is -3.45. The molecule has 1 aromatic heterocycles. The van der Waals surface area contributed by atoms with Crippen LogP contribution in [0.4, 0.5) is 5.69 Å². The molecular formula is C21H15ClN2O4S. The number of nitrogens with one attached hydrogen (secondary N) is 1. The first-order valence-corrected chi connectivity index (χ1v) is 10.9. The number of anilines is 1. The minimum absolute atomic E-state index is 0.0263. The van der Waals surface area contributed by atoms with Gasteiger partial charge in [0, 0.05) is 17.5 Å². The van der Waals surface area contributed by atoms with Crippen molar-refractivity contribution in [3.8, 4) is 11.5 Å². The number of oxazole rings is 1. The lowest BCUT2D eigenvalue weighted by Gasteiger charge is -2.09. The highest BCUT2D eigenvalue weighted by Gasteiger charge is 2.16. The number of nitrogens with zero attached hydrogens (tertiary/aromatic N) is 1. The van der Waals surface area contributed by atoms with Gasteiger partial charge in [-0.05, 0) is 54.6 Å². The number of benzene rings is 3. The summed E-state index contributed by atoms with van der Waals surface area (Å²) in [5.41, 5.74) is 2.82. The fourth-order valence-corrected chi connectivity index (χ4v) is 3.65. The van der Waals surface area contributed by atoms with Gasteiger partial charge in [0.05, 0.1) is 15.5 Å². The maximum atomic E-state index is 12.6. The second-order valence-electron chi connectivity index (χ2n) is 6.43. The highest BCUT2D eigenvalue weighted by Crippen LogP contribution is 2.26. The molecule has 0 radical (unpaired) electrons. The monoisotopic (exact) mass is 426 g/mol. The van der Waals surface area contributed by atoms with Crippen molar-refractivity contribution in [2.75, 3.05) is 11.6 Å². The van der Waals surface area contributed by atoms with Crippen molar-refractivity contribution in [1.82, 2.24) is 4.98 Å². The molecule has 0 spiro atoms. The van der Waals surface area contributed by atoms with Crippen molar-refractivity contribution in [1.29, 1.82) is 0 Å². The molecule has 1 N–H and O–H groups in total. The van der Waals surface area contributed by atoms with Crippen molar-refractivity contribution < 1.29 is 17.6 Å². The second-order valence-corrected chi connectivity index (χ2v) is 8.85. The molecule has 4 aromatic rings. The summed E-state index contributed by atoms with van der Waals surface area (Å²) in [4.78, 5) is 17.0. The van der Waals surface area contributed by atoms with Gasteiger partial charge in [0.1, 0.15) is 5.52 Å². The Morgan fingerprint density at radius 1 is 1.03 bits per heavy atom. The van der Waals surface area contributed by atoms with E-state index in [4.69, 9.17) is 16.0 Å². The lowest BCUT2D eigenvalue weighted by Crippen LogP contribution is -2.13. The maximum absolute atomic E-state index is 12.6. The fraction of sp³-hybridized carbons (Fsp3) is 0.0476. The normalized spacial score (nSPS) is 11.5. The van der Waals surface area contributed by atoms with Crippen LogP contribution in [0, 0.1) is 0 Å². The number of para-hydroxylation sites is 2. The van der Waals surface area contributed by atoms with Gasteiger partial charge in [-0.1, -0.05) is 23.7 Å². The molecule has 1 heterocycles. The first kappa shape index (κ1) is 19.2. The zero-order valence-corrected chi connectivity index (χ0v) is 16.8. The molecule has 0 aliphatic carbocycles. The largest absolute Gasteiger partial charge is 0.436 e. The topological polar surface area (TPSA) is 89.3 Å². The molecule has 146 valence electrons. The first-order valence-electron chi connectivity index (χ1n) is 8.58. The summed E-state index contributed by atoms with van der Waals surface area (Å²) in [5.74, 6) is -0.0249. The van der Waals surface area contributed by atoms with Gasteiger partial charge >= 0.3 is 0 Å². The SMILES string of the molecule is CS(=O)(=O)c1ccc(Cl)c(C(=O)Nc2ccc(-c3nc4ccccc4o3)cc2)c1. The van der Waals surface area contributed by atoms with E-state index in [-0.39, 0.29) is 15.5 Å². The standard InChI is InChI=1S/C21H15ClN2O4S/c1-29(26,27)15-10-11-17(22)16(12-15)20(25)23-14-8-6-13(7-9-14)21-24-18-4-2-3-5-19(18)28-21/h2-12H,1H3,(H,23,25). The third-order valence-electron chi connectivity index (χ3n) is 4.29. The third kappa shape index (κ3) is 4.01. The maximum Gasteiger partial charge on any atom is 0.257 e. The van der Waals surface area contributed by atoms with Gasteiger partial charge in [-0.15, -0.1) is 0 Å². The smallest absolute Gasteiger partial charge is 0.257 e. The van der Waals surface area contributed by atoms with Crippen molar-refractivity contribution in [2.24, 2.45) is 0 Å². The quantitative estimate of drug-likeness (QED) is 0.506. The van der Waals surface area contributed by atoms with Crippen LogP contribution >= 0.6 is 11.6 Å². The Morgan fingerprint density at radius 2 is 1.76 bits per heavy atom. The second kappa shape index (κ2) is 7.35. The van der Waals surface area contributed by atoms with Gasteiger partial charge in [-0.3, -0.25) is 4.79 Å². The Bertz CT molecular complexity index is 1300. The Labute approximate surface area is 172 Å². The highest BCUT2D eigenvalue weighted by molar-refractivity contribution is 7.90. The molecule has 0 fully saturated rings. The van der Waals surface area contributed by atoms with Gasteiger partial charge in [-0.2, -0.15) is 0 Å². The lowest BCUT2D eigenvalue weighted by atomic mass is 10.2. The molecule has 29 heavy (non-hydrogen) atoms. The Kier molecular flexibility index (Phi) is 4.86. The zero-order valence-electron chi connectivity index (χ0n) is 15.2. The number of aromatic nitrogens is 1. The predicted octanol–water partition coefficient (Wildman–Crippen LogP) is 4.80. The molecule has 0 aliphatic rings. The summed E-state index contributed by atoms with van der Waals surface area (Å²) < 4.78 is 29.2. The number of hydrogen-bond donors (Lipinski definition) is 1. The molecule has 1 amide bonds. The zero-order chi connectivity index (χ0) is 20.6. The summed E-state index contributed by atoms with van der Waals surface area (Å²) in [6, 6.07) is 18.4. The van der Waals surface area contributed by atoms with E-state index in [1.54, 1.807) is 24.3 Å². The lowest BCUT2D eigenvalue weighted by molar-refractivity contribution is 0.102. The Morgan fingerprint density at radius 3 is 2.45 bits per heavy atom. The summed E-state index contributed by atoms with van der Waals surface area (Å²) in [5, 5.41) is 2.88. The molecular weight excluding hydrogens is 412 g/mol. The van der Waals surface area contributed by atoms with Crippen LogP contribution < -0.4 is 5.32 Å². The number of sulfone groups is 1. The van der Waals surface area contributed by atoms with Crippen LogP contribution in [0.3, 0.4) is 0 Å². The van der Waals surface area contributed by atoms with Gasteiger partial charge < -0.3 is 9.73 Å². The first-order chi connectivity index (χ1) is 13.8. The Hall–Kier alpha value is -3.16.